The summed E-state index contributed by atoms with van der Waals surface area (Å²) in [7, 11) is 0. The summed E-state index contributed by atoms with van der Waals surface area (Å²) in [5.74, 6) is 0.506. The molecule has 2 saturated heterocycles. The number of rotatable bonds is 2. The third-order valence-electron chi connectivity index (χ3n) is 5.84. The molecule has 2 fully saturated rings. The lowest BCUT2D eigenvalue weighted by Gasteiger charge is -2.54. The number of carbonyl (C=O) groups excluding carboxylic acids is 1. The number of fused-ring (bicyclic) bond motifs is 1. The van der Waals surface area contributed by atoms with Crippen molar-refractivity contribution in [3.8, 4) is 0 Å². The second kappa shape index (κ2) is 6.08. The zero-order valence-electron chi connectivity index (χ0n) is 15.3. The van der Waals surface area contributed by atoms with Crippen LogP contribution >= 0.6 is 0 Å². The molecule has 5 heteroatoms. The molecule has 2 heterocycles. The minimum absolute atomic E-state index is 0.117. The van der Waals surface area contributed by atoms with E-state index in [4.69, 9.17) is 10.5 Å². The van der Waals surface area contributed by atoms with Crippen molar-refractivity contribution in [2.24, 2.45) is 5.73 Å². The van der Waals surface area contributed by atoms with E-state index < -0.39 is 0 Å². The van der Waals surface area contributed by atoms with Crippen molar-refractivity contribution >= 4 is 5.91 Å². The highest BCUT2D eigenvalue weighted by atomic mass is 16.5. The molecule has 25 heavy (non-hydrogen) atoms. The monoisotopic (exact) mass is 343 g/mol. The Morgan fingerprint density at radius 1 is 1.36 bits per heavy atom. The maximum atomic E-state index is 13.2. The number of nitrogens with zero attached hydrogens (tertiary/aromatic N) is 1. The van der Waals surface area contributed by atoms with E-state index in [1.54, 1.807) is 0 Å². The lowest BCUT2D eigenvalue weighted by atomic mass is 9.82. The van der Waals surface area contributed by atoms with Crippen LogP contribution in [0.3, 0.4) is 0 Å². The van der Waals surface area contributed by atoms with Crippen molar-refractivity contribution in [1.82, 2.24) is 10.2 Å². The Morgan fingerprint density at radius 3 is 2.84 bits per heavy atom. The molecular formula is C20H29N3O2. The van der Waals surface area contributed by atoms with Gasteiger partial charge >= 0.3 is 0 Å². The van der Waals surface area contributed by atoms with E-state index in [1.807, 2.05) is 11.0 Å². The van der Waals surface area contributed by atoms with Crippen molar-refractivity contribution < 1.29 is 9.53 Å². The zero-order valence-corrected chi connectivity index (χ0v) is 15.3. The van der Waals surface area contributed by atoms with Gasteiger partial charge in [0.2, 0.25) is 0 Å². The average molecular weight is 343 g/mol. The van der Waals surface area contributed by atoms with E-state index in [1.165, 1.54) is 17.5 Å². The van der Waals surface area contributed by atoms with E-state index in [-0.39, 0.29) is 17.1 Å². The van der Waals surface area contributed by atoms with Gasteiger partial charge in [-0.25, -0.2) is 0 Å². The van der Waals surface area contributed by atoms with Gasteiger partial charge in [-0.15, -0.1) is 0 Å². The first-order chi connectivity index (χ1) is 11.9. The van der Waals surface area contributed by atoms with Gasteiger partial charge in [-0.05, 0) is 68.8 Å². The van der Waals surface area contributed by atoms with Crippen LogP contribution in [0.5, 0.6) is 0 Å². The fraction of sp³-hybridized carbons (Fsp3) is 0.650. The molecule has 3 aliphatic rings. The molecule has 1 spiro atoms. The molecule has 0 aromatic heterocycles. The molecule has 2 aliphatic heterocycles. The van der Waals surface area contributed by atoms with Gasteiger partial charge < -0.3 is 20.7 Å². The summed E-state index contributed by atoms with van der Waals surface area (Å²) in [4.78, 5) is 15.2. The Balaban J connectivity index is 1.60. The fourth-order valence-corrected chi connectivity index (χ4v) is 4.70. The van der Waals surface area contributed by atoms with Crippen LogP contribution in [0.15, 0.2) is 18.2 Å². The predicted octanol–water partition coefficient (Wildman–Crippen LogP) is 1.66. The minimum atomic E-state index is -0.315. The number of amides is 1. The molecule has 1 atom stereocenters. The summed E-state index contributed by atoms with van der Waals surface area (Å²) in [6.45, 7) is 7.74. The van der Waals surface area contributed by atoms with Crippen molar-refractivity contribution in [1.29, 1.82) is 0 Å². The lowest BCUT2D eigenvalue weighted by molar-refractivity contribution is -0.206. The molecule has 0 bridgehead atoms. The smallest absolute Gasteiger partial charge is 0.254 e. The van der Waals surface area contributed by atoms with Crippen LogP contribution < -0.4 is 11.1 Å². The Kier molecular flexibility index (Phi) is 4.13. The molecule has 136 valence electrons. The SMILES string of the molecule is CC1(C)CN(C(=O)c2ccc3c(c2)C(CN)CCC3)CC2(CNC2)O1. The summed E-state index contributed by atoms with van der Waals surface area (Å²) in [6, 6.07) is 6.23. The van der Waals surface area contributed by atoms with Crippen LogP contribution in [0, 0.1) is 0 Å². The van der Waals surface area contributed by atoms with Gasteiger partial charge in [0, 0.05) is 25.2 Å². The average Bonchev–Trinajstić information content (AvgIpc) is 2.57. The maximum Gasteiger partial charge on any atom is 0.254 e. The van der Waals surface area contributed by atoms with E-state index in [9.17, 15) is 4.79 Å². The van der Waals surface area contributed by atoms with E-state index in [2.05, 4.69) is 31.3 Å². The number of morpholine rings is 1. The zero-order chi connectivity index (χ0) is 17.7. The summed E-state index contributed by atoms with van der Waals surface area (Å²) >= 11 is 0. The third-order valence-corrected chi connectivity index (χ3v) is 5.84. The Bertz CT molecular complexity index is 682. The topological polar surface area (TPSA) is 67.6 Å². The maximum absolute atomic E-state index is 13.2. The molecule has 4 rings (SSSR count). The van der Waals surface area contributed by atoms with E-state index in [0.717, 1.165) is 31.5 Å². The molecule has 1 unspecified atom stereocenters. The summed E-state index contributed by atoms with van der Waals surface area (Å²) in [6.07, 6.45) is 3.41. The van der Waals surface area contributed by atoms with Gasteiger partial charge in [0.05, 0.1) is 12.1 Å². The van der Waals surface area contributed by atoms with Crippen LogP contribution in [0.25, 0.3) is 0 Å². The highest BCUT2D eigenvalue weighted by Gasteiger charge is 2.49. The molecular weight excluding hydrogens is 314 g/mol. The number of hydrogen-bond donors (Lipinski definition) is 2. The first-order valence-corrected chi connectivity index (χ1v) is 9.44. The number of nitrogens with one attached hydrogen (secondary N) is 1. The van der Waals surface area contributed by atoms with Crippen LogP contribution in [-0.4, -0.2) is 54.7 Å². The van der Waals surface area contributed by atoms with Crippen LogP contribution in [-0.2, 0) is 11.2 Å². The van der Waals surface area contributed by atoms with Crippen LogP contribution in [0.2, 0.25) is 0 Å². The number of aryl methyl sites for hydroxylation is 1. The predicted molar refractivity (Wildman–Crippen MR) is 97.8 cm³/mol. The molecule has 5 nitrogen and oxygen atoms in total. The van der Waals surface area contributed by atoms with Crippen molar-refractivity contribution in [3.05, 3.63) is 34.9 Å². The van der Waals surface area contributed by atoms with Gasteiger partial charge in [0.15, 0.2) is 0 Å². The fourth-order valence-electron chi connectivity index (χ4n) is 4.70. The minimum Gasteiger partial charge on any atom is -0.363 e. The molecule has 1 amide bonds. The van der Waals surface area contributed by atoms with Crippen LogP contribution in [0.4, 0.5) is 0 Å². The molecule has 1 aliphatic carbocycles. The lowest BCUT2D eigenvalue weighted by Crippen LogP contribution is -2.73. The van der Waals surface area contributed by atoms with Gasteiger partial charge in [-0.1, -0.05) is 6.07 Å². The number of benzene rings is 1. The van der Waals surface area contributed by atoms with E-state index in [0.29, 0.717) is 25.6 Å². The van der Waals surface area contributed by atoms with Gasteiger partial charge in [-0.2, -0.15) is 0 Å². The number of hydrogen-bond acceptors (Lipinski definition) is 4. The Labute approximate surface area is 149 Å². The van der Waals surface area contributed by atoms with Crippen molar-refractivity contribution in [2.75, 3.05) is 32.7 Å². The van der Waals surface area contributed by atoms with E-state index >= 15 is 0 Å². The highest BCUT2D eigenvalue weighted by molar-refractivity contribution is 5.94. The number of ether oxygens (including phenoxy) is 1. The van der Waals surface area contributed by atoms with Gasteiger partial charge in [0.1, 0.15) is 5.60 Å². The van der Waals surface area contributed by atoms with Crippen LogP contribution in [0.1, 0.15) is 54.1 Å². The first-order valence-electron chi connectivity index (χ1n) is 9.44. The number of nitrogens with two attached hydrogens (primary N) is 1. The third kappa shape index (κ3) is 3.09. The largest absolute Gasteiger partial charge is 0.363 e. The second-order valence-electron chi connectivity index (χ2n) is 8.55. The molecule has 0 radical (unpaired) electrons. The normalized spacial score (nSPS) is 26.8. The Morgan fingerprint density at radius 2 is 2.16 bits per heavy atom. The molecule has 1 aromatic carbocycles. The summed E-state index contributed by atoms with van der Waals surface area (Å²) in [5, 5.41) is 3.29. The summed E-state index contributed by atoms with van der Waals surface area (Å²) in [5.41, 5.74) is 8.87. The highest BCUT2D eigenvalue weighted by Crippen LogP contribution is 2.34. The quantitative estimate of drug-likeness (QED) is 0.857. The molecule has 0 saturated carbocycles. The van der Waals surface area contributed by atoms with Crippen molar-refractivity contribution in [2.45, 2.75) is 50.2 Å². The number of carbonyl (C=O) groups is 1. The van der Waals surface area contributed by atoms with Crippen molar-refractivity contribution in [3.63, 3.8) is 0 Å². The van der Waals surface area contributed by atoms with Gasteiger partial charge in [-0.3, -0.25) is 4.79 Å². The first kappa shape index (κ1) is 17.0. The Hall–Kier alpha value is -1.43. The second-order valence-corrected chi connectivity index (χ2v) is 8.55. The molecule has 3 N–H and O–H groups in total. The standard InChI is InChI=1S/C20H29N3O2/c1-19(2)12-23(13-20(25-19)10-22-11-20)18(24)15-7-6-14-4-3-5-16(9-21)17(14)8-15/h6-8,16,22H,3-5,9-13,21H2,1-2H3. The van der Waals surface area contributed by atoms with Gasteiger partial charge in [0.25, 0.3) is 5.91 Å². The molecule has 1 aromatic rings. The summed E-state index contributed by atoms with van der Waals surface area (Å²) < 4.78 is 6.27.